The van der Waals surface area contributed by atoms with Crippen LogP contribution in [0.3, 0.4) is 0 Å². The van der Waals surface area contributed by atoms with Crippen molar-refractivity contribution in [3.63, 3.8) is 0 Å². The number of carbonyl (C=O) groups is 1. The lowest BCUT2D eigenvalue weighted by Gasteiger charge is -2.17. The van der Waals surface area contributed by atoms with E-state index in [1.54, 1.807) is 44.2 Å². The summed E-state index contributed by atoms with van der Waals surface area (Å²) in [6.07, 6.45) is -1.87. The van der Waals surface area contributed by atoms with Crippen LogP contribution in [0.25, 0.3) is 0 Å². The van der Waals surface area contributed by atoms with Gasteiger partial charge >= 0.3 is 5.97 Å². The van der Waals surface area contributed by atoms with E-state index < -0.39 is 24.3 Å². The van der Waals surface area contributed by atoms with Crippen LogP contribution in [0.4, 0.5) is 0 Å². The molecule has 2 N–H and O–H groups in total. The standard InChI is InChI=1S/C13H18O4/c1-9(14)8-10(2)17-13(16)12(15)11-6-4-3-5-7-11/h3-7,9-10,12,14-15H,8H2,1-2H3/t9-,10-,12+/m1/s1. The van der Waals surface area contributed by atoms with E-state index in [2.05, 4.69) is 0 Å². The maximum absolute atomic E-state index is 11.6. The Bertz CT molecular complexity index is 348. The molecule has 17 heavy (non-hydrogen) atoms. The van der Waals surface area contributed by atoms with Gasteiger partial charge in [-0.25, -0.2) is 4.79 Å². The summed E-state index contributed by atoms with van der Waals surface area (Å²) in [5.74, 6) is -0.690. The molecule has 0 saturated heterocycles. The van der Waals surface area contributed by atoms with Crippen LogP contribution in [0, 0.1) is 0 Å². The van der Waals surface area contributed by atoms with Gasteiger partial charge < -0.3 is 14.9 Å². The van der Waals surface area contributed by atoms with Gasteiger partial charge in [-0.15, -0.1) is 0 Å². The second kappa shape index (κ2) is 6.37. The predicted octanol–water partition coefficient (Wildman–Crippen LogP) is 1.42. The van der Waals surface area contributed by atoms with E-state index >= 15 is 0 Å². The number of ether oxygens (including phenoxy) is 1. The molecule has 0 saturated carbocycles. The number of hydrogen-bond donors (Lipinski definition) is 2. The summed E-state index contributed by atoms with van der Waals surface area (Å²) >= 11 is 0. The molecule has 94 valence electrons. The van der Waals surface area contributed by atoms with Gasteiger partial charge in [0.25, 0.3) is 0 Å². The maximum Gasteiger partial charge on any atom is 0.339 e. The van der Waals surface area contributed by atoms with Gasteiger partial charge in [-0.2, -0.15) is 0 Å². The molecule has 1 aromatic rings. The fourth-order valence-corrected chi connectivity index (χ4v) is 1.56. The molecule has 0 fully saturated rings. The second-order valence-electron chi connectivity index (χ2n) is 4.15. The largest absolute Gasteiger partial charge is 0.460 e. The molecule has 0 bridgehead atoms. The van der Waals surface area contributed by atoms with E-state index in [1.165, 1.54) is 0 Å². The summed E-state index contributed by atoms with van der Waals surface area (Å²) in [4.78, 5) is 11.6. The lowest BCUT2D eigenvalue weighted by atomic mass is 10.1. The van der Waals surface area contributed by atoms with E-state index in [-0.39, 0.29) is 0 Å². The Morgan fingerprint density at radius 1 is 1.24 bits per heavy atom. The minimum Gasteiger partial charge on any atom is -0.460 e. The van der Waals surface area contributed by atoms with Crippen molar-refractivity contribution >= 4 is 5.97 Å². The highest BCUT2D eigenvalue weighted by Crippen LogP contribution is 2.15. The summed E-state index contributed by atoms with van der Waals surface area (Å²) in [5, 5.41) is 18.9. The van der Waals surface area contributed by atoms with Crippen LogP contribution >= 0.6 is 0 Å². The van der Waals surface area contributed by atoms with Gasteiger partial charge in [-0.1, -0.05) is 30.3 Å². The lowest BCUT2D eigenvalue weighted by molar-refractivity contribution is -0.159. The average molecular weight is 238 g/mol. The first-order valence-corrected chi connectivity index (χ1v) is 5.62. The Morgan fingerprint density at radius 2 is 1.82 bits per heavy atom. The van der Waals surface area contributed by atoms with Gasteiger partial charge in [-0.05, 0) is 19.4 Å². The molecule has 0 aliphatic heterocycles. The minimum atomic E-state index is -1.27. The Labute approximate surface area is 101 Å². The number of aliphatic hydroxyl groups is 2. The maximum atomic E-state index is 11.6. The van der Waals surface area contributed by atoms with Crippen LogP contribution in [-0.4, -0.2) is 28.4 Å². The van der Waals surface area contributed by atoms with E-state index in [0.717, 1.165) is 0 Å². The Morgan fingerprint density at radius 3 is 2.35 bits per heavy atom. The summed E-state index contributed by atoms with van der Waals surface area (Å²) < 4.78 is 5.03. The average Bonchev–Trinajstić information content (AvgIpc) is 2.28. The zero-order valence-corrected chi connectivity index (χ0v) is 10.0. The van der Waals surface area contributed by atoms with Gasteiger partial charge in [0.2, 0.25) is 0 Å². The van der Waals surface area contributed by atoms with Gasteiger partial charge in [0.15, 0.2) is 6.10 Å². The summed E-state index contributed by atoms with van der Waals surface area (Å²) in [7, 11) is 0. The molecule has 0 unspecified atom stereocenters. The third kappa shape index (κ3) is 4.54. The van der Waals surface area contributed by atoms with E-state index in [0.29, 0.717) is 12.0 Å². The number of benzene rings is 1. The molecular formula is C13H18O4. The second-order valence-corrected chi connectivity index (χ2v) is 4.15. The Kier molecular flexibility index (Phi) is 5.12. The summed E-state index contributed by atoms with van der Waals surface area (Å²) in [6.45, 7) is 3.31. The molecular weight excluding hydrogens is 220 g/mol. The first kappa shape index (κ1) is 13.7. The third-order valence-corrected chi connectivity index (χ3v) is 2.33. The van der Waals surface area contributed by atoms with Crippen LogP contribution in [0.15, 0.2) is 30.3 Å². The normalized spacial score (nSPS) is 16.0. The van der Waals surface area contributed by atoms with Crippen molar-refractivity contribution in [2.75, 3.05) is 0 Å². The SMILES string of the molecule is C[C@H](C[C@@H](C)O)OC(=O)[C@@H](O)c1ccccc1. The van der Waals surface area contributed by atoms with E-state index in [9.17, 15) is 9.90 Å². The third-order valence-electron chi connectivity index (χ3n) is 2.33. The molecule has 0 radical (unpaired) electrons. The highest BCUT2D eigenvalue weighted by atomic mass is 16.6. The van der Waals surface area contributed by atoms with Crippen molar-refractivity contribution in [3.8, 4) is 0 Å². The Balaban J connectivity index is 2.53. The topological polar surface area (TPSA) is 66.8 Å². The smallest absolute Gasteiger partial charge is 0.339 e. The van der Waals surface area contributed by atoms with E-state index in [1.807, 2.05) is 0 Å². The van der Waals surface area contributed by atoms with Gasteiger partial charge in [-0.3, -0.25) is 0 Å². The molecule has 0 spiro atoms. The Hall–Kier alpha value is -1.39. The minimum absolute atomic E-state index is 0.354. The molecule has 1 aromatic carbocycles. The molecule has 0 aliphatic rings. The molecule has 0 aromatic heterocycles. The summed E-state index contributed by atoms with van der Waals surface area (Å²) in [6, 6.07) is 8.60. The number of carbonyl (C=O) groups excluding carboxylic acids is 1. The molecule has 3 atom stereocenters. The molecule has 1 rings (SSSR count). The molecule has 0 amide bonds. The highest BCUT2D eigenvalue weighted by Gasteiger charge is 2.21. The van der Waals surface area contributed by atoms with Crippen molar-refractivity contribution in [2.45, 2.75) is 38.6 Å². The van der Waals surface area contributed by atoms with Crippen LogP contribution in [0.5, 0.6) is 0 Å². The molecule has 4 heteroatoms. The van der Waals surface area contributed by atoms with Crippen molar-refractivity contribution < 1.29 is 19.7 Å². The zero-order valence-electron chi connectivity index (χ0n) is 10.0. The highest BCUT2D eigenvalue weighted by molar-refractivity contribution is 5.76. The van der Waals surface area contributed by atoms with Gasteiger partial charge in [0.1, 0.15) is 6.10 Å². The van der Waals surface area contributed by atoms with Crippen molar-refractivity contribution in [3.05, 3.63) is 35.9 Å². The molecule has 4 nitrogen and oxygen atoms in total. The van der Waals surface area contributed by atoms with E-state index in [4.69, 9.17) is 9.84 Å². The zero-order chi connectivity index (χ0) is 12.8. The molecule has 0 aliphatic carbocycles. The van der Waals surface area contributed by atoms with Crippen LogP contribution in [0.1, 0.15) is 31.9 Å². The van der Waals surface area contributed by atoms with Crippen molar-refractivity contribution in [1.82, 2.24) is 0 Å². The van der Waals surface area contributed by atoms with Crippen LogP contribution in [0.2, 0.25) is 0 Å². The van der Waals surface area contributed by atoms with Crippen LogP contribution < -0.4 is 0 Å². The predicted molar refractivity (Wildman–Crippen MR) is 63.3 cm³/mol. The fraction of sp³-hybridized carbons (Fsp3) is 0.462. The first-order valence-electron chi connectivity index (χ1n) is 5.62. The number of esters is 1. The van der Waals surface area contributed by atoms with Crippen molar-refractivity contribution in [2.24, 2.45) is 0 Å². The van der Waals surface area contributed by atoms with Gasteiger partial charge in [0.05, 0.1) is 6.10 Å². The van der Waals surface area contributed by atoms with Crippen molar-refractivity contribution in [1.29, 1.82) is 0 Å². The quantitative estimate of drug-likeness (QED) is 0.761. The lowest BCUT2D eigenvalue weighted by Crippen LogP contribution is -2.23. The number of rotatable bonds is 5. The monoisotopic (exact) mass is 238 g/mol. The summed E-state index contributed by atoms with van der Waals surface area (Å²) in [5.41, 5.74) is 0.502. The number of aliphatic hydroxyl groups excluding tert-OH is 2. The molecule has 0 heterocycles. The fourth-order valence-electron chi connectivity index (χ4n) is 1.56. The first-order chi connectivity index (χ1) is 8.00. The van der Waals surface area contributed by atoms with Crippen LogP contribution in [-0.2, 0) is 9.53 Å². The van der Waals surface area contributed by atoms with Gasteiger partial charge in [0, 0.05) is 6.42 Å². The number of hydrogen-bond acceptors (Lipinski definition) is 4.